The lowest BCUT2D eigenvalue weighted by molar-refractivity contribution is -0.119. The van der Waals surface area contributed by atoms with Crippen LogP contribution >= 0.6 is 15.9 Å². The molecule has 1 heterocycles. The van der Waals surface area contributed by atoms with Crippen LogP contribution in [0.1, 0.15) is 18.4 Å². The second-order valence-corrected chi connectivity index (χ2v) is 7.83. The number of hydrogen-bond donors (Lipinski definition) is 1. The summed E-state index contributed by atoms with van der Waals surface area (Å²) in [7, 11) is -3.34. The first-order valence-corrected chi connectivity index (χ1v) is 8.97. The van der Waals surface area contributed by atoms with E-state index in [0.717, 1.165) is 16.3 Å². The SMILES string of the molecule is Cc1cc(Br)ccc1NC(=O)C1CCCN1S(C)(=O)=O. The molecule has 1 unspecified atom stereocenters. The van der Waals surface area contributed by atoms with Crippen molar-refractivity contribution in [2.24, 2.45) is 0 Å². The van der Waals surface area contributed by atoms with E-state index in [1.165, 1.54) is 4.31 Å². The second kappa shape index (κ2) is 5.83. The van der Waals surface area contributed by atoms with Gasteiger partial charge in [-0.2, -0.15) is 4.31 Å². The van der Waals surface area contributed by atoms with Crippen molar-refractivity contribution in [3.05, 3.63) is 28.2 Å². The summed E-state index contributed by atoms with van der Waals surface area (Å²) in [6.45, 7) is 2.31. The highest BCUT2D eigenvalue weighted by Gasteiger charge is 2.36. The molecule has 1 aromatic carbocycles. The van der Waals surface area contributed by atoms with Crippen LogP contribution in [-0.2, 0) is 14.8 Å². The Hall–Kier alpha value is -0.920. The van der Waals surface area contributed by atoms with Crippen molar-refractivity contribution in [3.63, 3.8) is 0 Å². The highest BCUT2D eigenvalue weighted by Crippen LogP contribution is 2.24. The standard InChI is InChI=1S/C13H17BrN2O3S/c1-9-8-10(14)5-6-11(9)15-13(17)12-4-3-7-16(12)20(2,18)19/h5-6,8,12H,3-4,7H2,1-2H3,(H,15,17). The molecule has 0 aromatic heterocycles. The minimum atomic E-state index is -3.34. The normalized spacial score (nSPS) is 20.1. The molecule has 0 aliphatic carbocycles. The molecule has 1 N–H and O–H groups in total. The van der Waals surface area contributed by atoms with Gasteiger partial charge in [-0.25, -0.2) is 8.42 Å². The predicted octanol–water partition coefficient (Wildman–Crippen LogP) is 2.12. The van der Waals surface area contributed by atoms with E-state index in [9.17, 15) is 13.2 Å². The third-order valence-corrected chi connectivity index (χ3v) is 5.16. The fraction of sp³-hybridized carbons (Fsp3) is 0.462. The number of halogens is 1. The van der Waals surface area contributed by atoms with Crippen molar-refractivity contribution in [2.45, 2.75) is 25.8 Å². The van der Waals surface area contributed by atoms with Gasteiger partial charge in [0.05, 0.1) is 6.26 Å². The monoisotopic (exact) mass is 360 g/mol. The third-order valence-electron chi connectivity index (χ3n) is 3.38. The van der Waals surface area contributed by atoms with Gasteiger partial charge in [-0.05, 0) is 43.5 Å². The molecule has 0 bridgehead atoms. The van der Waals surface area contributed by atoms with Crippen molar-refractivity contribution < 1.29 is 13.2 Å². The molecule has 1 aliphatic rings. The Kier molecular flexibility index (Phi) is 4.51. The maximum Gasteiger partial charge on any atom is 0.242 e. The Balaban J connectivity index is 2.16. The molecule has 20 heavy (non-hydrogen) atoms. The van der Waals surface area contributed by atoms with Crippen molar-refractivity contribution in [1.82, 2.24) is 4.31 Å². The highest BCUT2D eigenvalue weighted by atomic mass is 79.9. The van der Waals surface area contributed by atoms with Gasteiger partial charge in [-0.1, -0.05) is 15.9 Å². The molecule has 110 valence electrons. The van der Waals surface area contributed by atoms with Crippen molar-refractivity contribution in [2.75, 3.05) is 18.1 Å². The van der Waals surface area contributed by atoms with E-state index in [4.69, 9.17) is 0 Å². The van der Waals surface area contributed by atoms with Crippen LogP contribution in [0.15, 0.2) is 22.7 Å². The molecule has 1 aliphatic heterocycles. The average Bonchev–Trinajstić information content (AvgIpc) is 2.81. The Labute approximate surface area is 127 Å². The molecule has 1 aromatic rings. The molecule has 1 amide bonds. The summed E-state index contributed by atoms with van der Waals surface area (Å²) in [6.07, 6.45) is 2.42. The van der Waals surface area contributed by atoms with Crippen LogP contribution in [0.5, 0.6) is 0 Å². The van der Waals surface area contributed by atoms with E-state index >= 15 is 0 Å². The first kappa shape index (κ1) is 15.5. The number of anilines is 1. The van der Waals surface area contributed by atoms with E-state index in [1.54, 1.807) is 6.07 Å². The number of aryl methyl sites for hydroxylation is 1. The number of carbonyl (C=O) groups excluding carboxylic acids is 1. The number of nitrogens with zero attached hydrogens (tertiary/aromatic N) is 1. The molecule has 7 heteroatoms. The maximum atomic E-state index is 12.3. The largest absolute Gasteiger partial charge is 0.324 e. The first-order chi connectivity index (χ1) is 9.29. The maximum absolute atomic E-state index is 12.3. The number of rotatable bonds is 3. The Morgan fingerprint density at radius 3 is 2.75 bits per heavy atom. The van der Waals surface area contributed by atoms with Gasteiger partial charge in [0.1, 0.15) is 6.04 Å². The van der Waals surface area contributed by atoms with Crippen molar-refractivity contribution >= 4 is 37.5 Å². The lowest BCUT2D eigenvalue weighted by Crippen LogP contribution is -2.42. The summed E-state index contributed by atoms with van der Waals surface area (Å²) >= 11 is 3.36. The van der Waals surface area contributed by atoms with Crippen LogP contribution < -0.4 is 5.32 Å². The zero-order valence-corrected chi connectivity index (χ0v) is 13.8. The Morgan fingerprint density at radius 1 is 1.45 bits per heavy atom. The average molecular weight is 361 g/mol. The van der Waals surface area contributed by atoms with E-state index in [1.807, 2.05) is 19.1 Å². The number of nitrogens with one attached hydrogen (secondary N) is 1. The number of benzene rings is 1. The van der Waals surface area contributed by atoms with E-state index in [-0.39, 0.29) is 5.91 Å². The first-order valence-electron chi connectivity index (χ1n) is 6.33. The molecular weight excluding hydrogens is 344 g/mol. The predicted molar refractivity (Wildman–Crippen MR) is 82.1 cm³/mol. The lowest BCUT2D eigenvalue weighted by Gasteiger charge is -2.21. The summed E-state index contributed by atoms with van der Waals surface area (Å²) in [4.78, 5) is 12.3. The van der Waals surface area contributed by atoms with Gasteiger partial charge in [0.25, 0.3) is 0 Å². The molecule has 0 saturated carbocycles. The number of carbonyl (C=O) groups is 1. The fourth-order valence-electron chi connectivity index (χ4n) is 2.38. The molecule has 1 atom stereocenters. The van der Waals surface area contributed by atoms with Crippen LogP contribution in [0.2, 0.25) is 0 Å². The Bertz CT molecular complexity index is 631. The van der Waals surface area contributed by atoms with Crippen LogP contribution in [0.4, 0.5) is 5.69 Å². The van der Waals surface area contributed by atoms with Gasteiger partial charge in [0.15, 0.2) is 0 Å². The van der Waals surface area contributed by atoms with Gasteiger partial charge in [0.2, 0.25) is 15.9 Å². The summed E-state index contributed by atoms with van der Waals surface area (Å²) < 4.78 is 25.5. The van der Waals surface area contributed by atoms with Crippen molar-refractivity contribution in [1.29, 1.82) is 0 Å². The summed E-state index contributed by atoms with van der Waals surface area (Å²) in [5.74, 6) is -0.265. The molecule has 5 nitrogen and oxygen atoms in total. The molecular formula is C13H17BrN2O3S. The van der Waals surface area contributed by atoms with Gasteiger partial charge in [-0.15, -0.1) is 0 Å². The summed E-state index contributed by atoms with van der Waals surface area (Å²) in [5.41, 5.74) is 1.63. The smallest absolute Gasteiger partial charge is 0.242 e. The van der Waals surface area contributed by atoms with Crippen LogP contribution in [0, 0.1) is 6.92 Å². The number of sulfonamides is 1. The fourth-order valence-corrected chi connectivity index (χ4v) is 3.98. The minimum Gasteiger partial charge on any atom is -0.324 e. The second-order valence-electron chi connectivity index (χ2n) is 4.98. The summed E-state index contributed by atoms with van der Waals surface area (Å²) in [6, 6.07) is 4.94. The molecule has 1 fully saturated rings. The zero-order valence-electron chi connectivity index (χ0n) is 11.4. The van der Waals surface area contributed by atoms with Crippen LogP contribution in [0.25, 0.3) is 0 Å². The summed E-state index contributed by atoms with van der Waals surface area (Å²) in [5, 5.41) is 2.82. The topological polar surface area (TPSA) is 66.5 Å². The lowest BCUT2D eigenvalue weighted by atomic mass is 10.1. The van der Waals surface area contributed by atoms with Crippen LogP contribution in [0.3, 0.4) is 0 Å². The quantitative estimate of drug-likeness (QED) is 0.897. The zero-order chi connectivity index (χ0) is 14.9. The van der Waals surface area contributed by atoms with E-state index in [2.05, 4.69) is 21.2 Å². The molecule has 0 spiro atoms. The van der Waals surface area contributed by atoms with Gasteiger partial charge < -0.3 is 5.32 Å². The van der Waals surface area contributed by atoms with Crippen LogP contribution in [-0.4, -0.2) is 37.5 Å². The van der Waals surface area contributed by atoms with Gasteiger partial charge in [-0.3, -0.25) is 4.79 Å². The number of hydrogen-bond acceptors (Lipinski definition) is 3. The van der Waals surface area contributed by atoms with Gasteiger partial charge in [0, 0.05) is 16.7 Å². The van der Waals surface area contributed by atoms with Gasteiger partial charge >= 0.3 is 0 Å². The van der Waals surface area contributed by atoms with E-state index in [0.29, 0.717) is 25.1 Å². The van der Waals surface area contributed by atoms with E-state index < -0.39 is 16.1 Å². The number of amides is 1. The molecule has 2 rings (SSSR count). The molecule has 1 saturated heterocycles. The Morgan fingerprint density at radius 2 is 2.15 bits per heavy atom. The van der Waals surface area contributed by atoms with Crippen molar-refractivity contribution in [3.8, 4) is 0 Å². The minimum absolute atomic E-state index is 0.265. The highest BCUT2D eigenvalue weighted by molar-refractivity contribution is 9.10. The molecule has 0 radical (unpaired) electrons. The third kappa shape index (κ3) is 3.39.